The van der Waals surface area contributed by atoms with E-state index in [1.807, 2.05) is 28.0 Å². The molecule has 2 N–H and O–H groups in total. The van der Waals surface area contributed by atoms with Crippen LogP contribution >= 0.6 is 0 Å². The Labute approximate surface area is 193 Å². The van der Waals surface area contributed by atoms with Crippen LogP contribution in [-0.2, 0) is 16.0 Å². The standard InChI is InChI=1S/C25H29N3O5/c26-25(31)33-17-3-16-32-21-9-6-19(7-10-21)24(30)27-14-12-20(13-15-27)28-22-5-2-1-4-18(22)8-11-23(28)29/h1-2,4-7,9-10,20H,3,8,11-17H2,(H2,26,31). The number of aryl methyl sites for hydroxylation is 1. The zero-order chi connectivity index (χ0) is 23.2. The molecular formula is C25H29N3O5. The summed E-state index contributed by atoms with van der Waals surface area (Å²) in [5, 5.41) is 0. The molecule has 3 amide bonds. The summed E-state index contributed by atoms with van der Waals surface area (Å²) in [4.78, 5) is 40.0. The average Bonchev–Trinajstić information content (AvgIpc) is 2.84. The number of amides is 3. The van der Waals surface area contributed by atoms with Crippen LogP contribution in [0.15, 0.2) is 48.5 Å². The van der Waals surface area contributed by atoms with Crippen molar-refractivity contribution in [2.75, 3.05) is 31.2 Å². The van der Waals surface area contributed by atoms with Crippen molar-refractivity contribution >= 4 is 23.6 Å². The lowest BCUT2D eigenvalue weighted by Crippen LogP contribution is -2.50. The molecule has 2 heterocycles. The maximum Gasteiger partial charge on any atom is 0.404 e. The van der Waals surface area contributed by atoms with Gasteiger partial charge in [-0.25, -0.2) is 4.79 Å². The number of primary amides is 1. The maximum absolute atomic E-state index is 13.0. The van der Waals surface area contributed by atoms with Gasteiger partial charge in [0.1, 0.15) is 5.75 Å². The summed E-state index contributed by atoms with van der Waals surface area (Å²) < 4.78 is 10.2. The van der Waals surface area contributed by atoms with Crippen molar-refractivity contribution in [3.8, 4) is 5.75 Å². The molecule has 1 fully saturated rings. The number of carbonyl (C=O) groups excluding carboxylic acids is 3. The molecule has 0 spiro atoms. The highest BCUT2D eigenvalue weighted by atomic mass is 16.5. The zero-order valence-electron chi connectivity index (χ0n) is 18.6. The summed E-state index contributed by atoms with van der Waals surface area (Å²) in [6.45, 7) is 1.82. The van der Waals surface area contributed by atoms with Gasteiger partial charge in [0, 0.05) is 43.2 Å². The molecule has 1 saturated heterocycles. The van der Waals surface area contributed by atoms with Gasteiger partial charge < -0.3 is 25.0 Å². The van der Waals surface area contributed by atoms with E-state index in [1.165, 1.54) is 5.56 Å². The SMILES string of the molecule is NC(=O)OCCCOc1ccc(C(=O)N2CCC(N3C(=O)CCc4ccccc43)CC2)cc1. The molecule has 0 aliphatic carbocycles. The second kappa shape index (κ2) is 10.4. The van der Waals surface area contributed by atoms with Crippen LogP contribution in [0.5, 0.6) is 5.75 Å². The van der Waals surface area contributed by atoms with Gasteiger partial charge in [-0.05, 0) is 55.2 Å². The highest BCUT2D eigenvalue weighted by Crippen LogP contribution is 2.32. The first-order valence-corrected chi connectivity index (χ1v) is 11.4. The quantitative estimate of drug-likeness (QED) is 0.652. The average molecular weight is 452 g/mol. The van der Waals surface area contributed by atoms with Crippen LogP contribution in [0.25, 0.3) is 0 Å². The van der Waals surface area contributed by atoms with Crippen molar-refractivity contribution < 1.29 is 23.9 Å². The second-order valence-electron chi connectivity index (χ2n) is 8.31. The molecule has 0 radical (unpaired) electrons. The van der Waals surface area contributed by atoms with Crippen LogP contribution in [0.1, 0.15) is 41.6 Å². The predicted octanol–water partition coefficient (Wildman–Crippen LogP) is 3.13. The van der Waals surface area contributed by atoms with Gasteiger partial charge in [-0.2, -0.15) is 0 Å². The molecule has 0 aromatic heterocycles. The molecule has 174 valence electrons. The van der Waals surface area contributed by atoms with E-state index in [0.717, 1.165) is 24.9 Å². The Kier molecular flexibility index (Phi) is 7.12. The Morgan fingerprint density at radius 1 is 0.970 bits per heavy atom. The molecule has 4 rings (SSSR count). The van der Waals surface area contributed by atoms with Gasteiger partial charge in [0.2, 0.25) is 5.91 Å². The third kappa shape index (κ3) is 5.45. The molecule has 8 nitrogen and oxygen atoms in total. The van der Waals surface area contributed by atoms with Gasteiger partial charge >= 0.3 is 6.09 Å². The summed E-state index contributed by atoms with van der Waals surface area (Å²) in [7, 11) is 0. The number of likely N-dealkylation sites (tertiary alicyclic amines) is 1. The van der Waals surface area contributed by atoms with E-state index < -0.39 is 6.09 Å². The third-order valence-corrected chi connectivity index (χ3v) is 6.15. The van der Waals surface area contributed by atoms with Crippen molar-refractivity contribution in [2.24, 2.45) is 5.73 Å². The van der Waals surface area contributed by atoms with Crippen molar-refractivity contribution in [3.05, 3.63) is 59.7 Å². The minimum atomic E-state index is -0.797. The highest BCUT2D eigenvalue weighted by Gasteiger charge is 2.33. The molecule has 0 bridgehead atoms. The fourth-order valence-electron chi connectivity index (χ4n) is 4.48. The van der Waals surface area contributed by atoms with E-state index in [4.69, 9.17) is 10.5 Å². The summed E-state index contributed by atoms with van der Waals surface area (Å²) >= 11 is 0. The van der Waals surface area contributed by atoms with Crippen molar-refractivity contribution in [3.63, 3.8) is 0 Å². The predicted molar refractivity (Wildman–Crippen MR) is 123 cm³/mol. The monoisotopic (exact) mass is 451 g/mol. The topological polar surface area (TPSA) is 102 Å². The fourth-order valence-corrected chi connectivity index (χ4v) is 4.48. The Morgan fingerprint density at radius 3 is 2.42 bits per heavy atom. The van der Waals surface area contributed by atoms with E-state index in [1.54, 1.807) is 24.3 Å². The number of benzene rings is 2. The molecule has 2 aromatic carbocycles. The molecule has 0 atom stereocenters. The first-order valence-electron chi connectivity index (χ1n) is 11.4. The lowest BCUT2D eigenvalue weighted by molar-refractivity contribution is -0.119. The van der Waals surface area contributed by atoms with Gasteiger partial charge in [-0.1, -0.05) is 18.2 Å². The molecule has 0 saturated carbocycles. The summed E-state index contributed by atoms with van der Waals surface area (Å²) in [6.07, 6.45) is 2.60. The second-order valence-corrected chi connectivity index (χ2v) is 8.31. The summed E-state index contributed by atoms with van der Waals surface area (Å²) in [6, 6.07) is 15.3. The molecule has 8 heteroatoms. The minimum Gasteiger partial charge on any atom is -0.493 e. The number of rotatable bonds is 7. The molecule has 2 aromatic rings. The Bertz CT molecular complexity index is 999. The van der Waals surface area contributed by atoms with Gasteiger partial charge in [0.15, 0.2) is 0 Å². The number of hydrogen-bond donors (Lipinski definition) is 1. The number of nitrogens with two attached hydrogens (primary N) is 1. The van der Waals surface area contributed by atoms with Crippen LogP contribution in [0.3, 0.4) is 0 Å². The zero-order valence-corrected chi connectivity index (χ0v) is 18.6. The van der Waals surface area contributed by atoms with E-state index >= 15 is 0 Å². The largest absolute Gasteiger partial charge is 0.493 e. The van der Waals surface area contributed by atoms with Gasteiger partial charge in [0.05, 0.1) is 13.2 Å². The lowest BCUT2D eigenvalue weighted by Gasteiger charge is -2.41. The molecular weight excluding hydrogens is 422 g/mol. The Morgan fingerprint density at radius 2 is 1.70 bits per heavy atom. The van der Waals surface area contributed by atoms with Crippen molar-refractivity contribution in [1.29, 1.82) is 0 Å². The Hall–Kier alpha value is -3.55. The van der Waals surface area contributed by atoms with E-state index in [9.17, 15) is 14.4 Å². The number of fused-ring (bicyclic) bond motifs is 1. The van der Waals surface area contributed by atoms with Crippen LogP contribution in [0.4, 0.5) is 10.5 Å². The van der Waals surface area contributed by atoms with Gasteiger partial charge in [-0.15, -0.1) is 0 Å². The molecule has 0 unspecified atom stereocenters. The Balaban J connectivity index is 1.29. The van der Waals surface area contributed by atoms with Crippen molar-refractivity contribution in [1.82, 2.24) is 4.90 Å². The first kappa shape index (κ1) is 22.6. The summed E-state index contributed by atoms with van der Waals surface area (Å²) in [5.74, 6) is 0.807. The van der Waals surface area contributed by atoms with E-state index in [-0.39, 0.29) is 24.5 Å². The third-order valence-electron chi connectivity index (χ3n) is 6.15. The number of nitrogens with zero attached hydrogens (tertiary/aromatic N) is 2. The minimum absolute atomic E-state index is 0.0137. The number of para-hydroxylation sites is 1. The summed E-state index contributed by atoms with van der Waals surface area (Å²) in [5.41, 5.74) is 7.76. The maximum atomic E-state index is 13.0. The lowest BCUT2D eigenvalue weighted by atomic mass is 9.95. The smallest absolute Gasteiger partial charge is 0.404 e. The van der Waals surface area contributed by atoms with E-state index in [0.29, 0.717) is 43.9 Å². The van der Waals surface area contributed by atoms with Crippen LogP contribution in [-0.4, -0.2) is 55.2 Å². The van der Waals surface area contributed by atoms with Crippen LogP contribution in [0.2, 0.25) is 0 Å². The molecule has 2 aliphatic rings. The number of piperidine rings is 1. The number of ether oxygens (including phenoxy) is 2. The number of anilines is 1. The normalized spacial score (nSPS) is 16.3. The van der Waals surface area contributed by atoms with Crippen LogP contribution in [0, 0.1) is 0 Å². The van der Waals surface area contributed by atoms with Crippen LogP contribution < -0.4 is 15.4 Å². The number of hydrogen-bond acceptors (Lipinski definition) is 5. The number of carbonyl (C=O) groups is 3. The fraction of sp³-hybridized carbons (Fsp3) is 0.400. The highest BCUT2D eigenvalue weighted by molar-refractivity contribution is 5.97. The first-order chi connectivity index (χ1) is 16.0. The molecule has 33 heavy (non-hydrogen) atoms. The van der Waals surface area contributed by atoms with E-state index in [2.05, 4.69) is 10.8 Å². The van der Waals surface area contributed by atoms with Gasteiger partial charge in [0.25, 0.3) is 5.91 Å². The molecule has 2 aliphatic heterocycles. The van der Waals surface area contributed by atoms with Gasteiger partial charge in [-0.3, -0.25) is 9.59 Å². The van der Waals surface area contributed by atoms with Crippen molar-refractivity contribution in [2.45, 2.75) is 38.1 Å².